The van der Waals surface area contributed by atoms with E-state index in [-0.39, 0.29) is 0 Å². The second kappa shape index (κ2) is 7.56. The van der Waals surface area contributed by atoms with Gasteiger partial charge in [-0.15, -0.1) is 0 Å². The third-order valence-corrected chi connectivity index (χ3v) is 4.44. The minimum Gasteiger partial charge on any atom is -0.269 e. The van der Waals surface area contributed by atoms with Gasteiger partial charge in [-0.3, -0.25) is 9.10 Å². The Kier molecular flexibility index (Phi) is 6.54. The lowest BCUT2D eigenvalue weighted by atomic mass is 10.1. The maximum absolute atomic E-state index is 10.5. The maximum atomic E-state index is 10.5. The molecule has 1 heterocycles. The van der Waals surface area contributed by atoms with Crippen LogP contribution in [0.25, 0.3) is 0 Å². The van der Waals surface area contributed by atoms with Crippen LogP contribution >= 0.6 is 21.8 Å². The molecule has 0 N–H and O–H groups in total. The summed E-state index contributed by atoms with van der Waals surface area (Å²) in [5, 5.41) is 0. The largest absolute Gasteiger partial charge is 0.323 e. The molecule has 0 atom stereocenters. The monoisotopic (exact) mass is 218 g/mol. The topological polar surface area (TPSA) is 20.3 Å². The summed E-state index contributed by atoms with van der Waals surface area (Å²) in [5.74, 6) is 1.16. The van der Waals surface area contributed by atoms with Crippen LogP contribution in [0.5, 0.6) is 0 Å². The molecule has 0 aliphatic carbocycles. The highest BCUT2D eigenvalue weighted by Gasteiger charge is 2.05. The first kappa shape index (κ1) is 11.2. The Morgan fingerprint density at radius 2 is 1.69 bits per heavy atom. The van der Waals surface area contributed by atoms with E-state index in [0.717, 1.165) is 18.7 Å². The van der Waals surface area contributed by atoms with Gasteiger partial charge in [0.05, 0.1) is 0 Å². The van der Waals surface area contributed by atoms with E-state index in [1.165, 1.54) is 32.1 Å². The van der Waals surface area contributed by atoms with Gasteiger partial charge in [0.25, 0.3) is 0 Å². The van der Waals surface area contributed by atoms with Crippen LogP contribution in [-0.4, -0.2) is 23.0 Å². The summed E-state index contributed by atoms with van der Waals surface area (Å²) in [5.41, 5.74) is 0. The predicted molar refractivity (Wildman–Crippen MR) is 60.2 cm³/mol. The zero-order valence-electron chi connectivity index (χ0n) is 7.83. The van der Waals surface area contributed by atoms with Gasteiger partial charge in [-0.25, -0.2) is 0 Å². The molecule has 1 radical (unpaired) electrons. The van der Waals surface area contributed by atoms with Crippen LogP contribution in [0.3, 0.4) is 0 Å². The van der Waals surface area contributed by atoms with Gasteiger partial charge in [0, 0.05) is 23.3 Å². The molecule has 1 rings (SSSR count). The third kappa shape index (κ3) is 5.47. The summed E-state index contributed by atoms with van der Waals surface area (Å²) in [6.07, 6.45) is 9.65. The second-order valence-electron chi connectivity index (χ2n) is 3.21. The molecule has 0 aromatic carbocycles. The number of amides is 1. The Morgan fingerprint density at radius 3 is 2.46 bits per heavy atom. The fourth-order valence-electron chi connectivity index (χ4n) is 1.32. The zero-order valence-corrected chi connectivity index (χ0v) is 9.46. The van der Waals surface area contributed by atoms with Gasteiger partial charge in [-0.05, 0) is 12.8 Å². The minimum absolute atomic E-state index is 0.862. The first-order valence-corrected chi connectivity index (χ1v) is 7.16. The highest BCUT2D eigenvalue weighted by Crippen LogP contribution is 2.27. The molecule has 0 unspecified atom stereocenters. The molecule has 0 saturated carbocycles. The van der Waals surface area contributed by atoms with Crippen molar-refractivity contribution < 1.29 is 4.79 Å². The smallest absolute Gasteiger partial charge is 0.269 e. The van der Waals surface area contributed by atoms with Crippen LogP contribution in [0.4, 0.5) is 0 Å². The van der Waals surface area contributed by atoms with Crippen LogP contribution in [0.1, 0.15) is 38.5 Å². The van der Waals surface area contributed by atoms with Crippen molar-refractivity contribution in [2.24, 2.45) is 0 Å². The predicted octanol–water partition coefficient (Wildman–Crippen LogP) is 3.01. The summed E-state index contributed by atoms with van der Waals surface area (Å²) in [6.45, 7) is 0.862. The van der Waals surface area contributed by atoms with Crippen LogP contribution < -0.4 is 0 Å². The maximum Gasteiger partial charge on any atom is 0.323 e. The minimum atomic E-state index is 0.862. The molecule has 75 valence electrons. The number of rotatable bonds is 1. The van der Waals surface area contributed by atoms with E-state index in [1.807, 2.05) is 6.41 Å². The average Bonchev–Trinajstić information content (AvgIpc) is 2.22. The van der Waals surface area contributed by atoms with Crippen molar-refractivity contribution in [2.75, 3.05) is 12.3 Å². The van der Waals surface area contributed by atoms with Gasteiger partial charge in [-0.2, -0.15) is 0 Å². The molecular formula is C9H16NOS2. The number of carbonyl (C=O) groups excluding carboxylic acids is 1. The molecular weight excluding hydrogens is 202 g/mol. The van der Waals surface area contributed by atoms with Gasteiger partial charge in [0.2, 0.25) is 0 Å². The normalized spacial score (nSPS) is 22.0. The average molecular weight is 218 g/mol. The summed E-state index contributed by atoms with van der Waals surface area (Å²) < 4.78 is 1.69. The van der Waals surface area contributed by atoms with E-state index in [2.05, 4.69) is 0 Å². The molecule has 0 bridgehead atoms. The van der Waals surface area contributed by atoms with Crippen molar-refractivity contribution in [1.29, 1.82) is 0 Å². The Bertz CT molecular complexity index is 132. The summed E-state index contributed by atoms with van der Waals surface area (Å²) in [6, 6.07) is 0. The van der Waals surface area contributed by atoms with Crippen LogP contribution in [-0.2, 0) is 4.79 Å². The van der Waals surface area contributed by atoms with E-state index in [0.29, 0.717) is 0 Å². The van der Waals surface area contributed by atoms with Gasteiger partial charge >= 0.3 is 6.41 Å². The Morgan fingerprint density at radius 1 is 1.00 bits per heavy atom. The SMILES string of the molecule is O=[C]N1CCCCCCCCSS1. The van der Waals surface area contributed by atoms with Gasteiger partial charge in [-0.1, -0.05) is 36.5 Å². The molecule has 1 aliphatic rings. The number of hydrogen-bond acceptors (Lipinski definition) is 3. The zero-order chi connectivity index (χ0) is 9.36. The lowest BCUT2D eigenvalue weighted by molar-refractivity contribution is 0.490. The summed E-state index contributed by atoms with van der Waals surface area (Å²) in [4.78, 5) is 10.5. The van der Waals surface area contributed by atoms with Crippen molar-refractivity contribution in [2.45, 2.75) is 38.5 Å². The Hall–Kier alpha value is 0.170. The molecule has 1 aliphatic heterocycles. The van der Waals surface area contributed by atoms with Crippen molar-refractivity contribution in [3.63, 3.8) is 0 Å². The fourth-order valence-corrected chi connectivity index (χ4v) is 3.35. The third-order valence-electron chi connectivity index (χ3n) is 2.08. The Balaban J connectivity index is 2.22. The molecule has 0 spiro atoms. The van der Waals surface area contributed by atoms with Crippen LogP contribution in [0.15, 0.2) is 0 Å². The van der Waals surface area contributed by atoms with Crippen molar-refractivity contribution in [3.05, 3.63) is 0 Å². The first-order chi connectivity index (χ1) is 6.43. The summed E-state index contributed by atoms with van der Waals surface area (Å²) in [7, 11) is 3.33. The lowest BCUT2D eigenvalue weighted by Crippen LogP contribution is -2.13. The molecule has 0 aromatic rings. The van der Waals surface area contributed by atoms with Crippen molar-refractivity contribution in [1.82, 2.24) is 4.31 Å². The fraction of sp³-hybridized carbons (Fsp3) is 0.889. The van der Waals surface area contributed by atoms with E-state index in [1.54, 1.807) is 26.1 Å². The van der Waals surface area contributed by atoms with Crippen LogP contribution in [0.2, 0.25) is 0 Å². The quantitative estimate of drug-likeness (QED) is 0.498. The molecule has 4 heteroatoms. The molecule has 13 heavy (non-hydrogen) atoms. The first-order valence-electron chi connectivity index (χ1n) is 4.88. The highest BCUT2D eigenvalue weighted by molar-refractivity contribution is 8.75. The van der Waals surface area contributed by atoms with E-state index >= 15 is 0 Å². The van der Waals surface area contributed by atoms with Gasteiger partial charge in [0.1, 0.15) is 0 Å². The molecule has 1 amide bonds. The summed E-state index contributed by atoms with van der Waals surface area (Å²) >= 11 is 0. The molecule has 0 aromatic heterocycles. The van der Waals surface area contributed by atoms with Crippen LogP contribution in [0, 0.1) is 0 Å². The number of hydrogen-bond donors (Lipinski definition) is 0. The van der Waals surface area contributed by atoms with Crippen molar-refractivity contribution in [3.8, 4) is 0 Å². The van der Waals surface area contributed by atoms with E-state index in [4.69, 9.17) is 0 Å². The van der Waals surface area contributed by atoms with Gasteiger partial charge < -0.3 is 0 Å². The number of nitrogens with zero attached hydrogens (tertiary/aromatic N) is 1. The highest BCUT2D eigenvalue weighted by atomic mass is 33.1. The Labute approximate surface area is 88.4 Å². The molecule has 1 saturated heterocycles. The van der Waals surface area contributed by atoms with E-state index < -0.39 is 0 Å². The van der Waals surface area contributed by atoms with Gasteiger partial charge in [0.15, 0.2) is 0 Å². The van der Waals surface area contributed by atoms with Crippen molar-refractivity contribution >= 4 is 28.2 Å². The second-order valence-corrected chi connectivity index (χ2v) is 5.60. The molecule has 1 fully saturated rings. The van der Waals surface area contributed by atoms with E-state index in [9.17, 15) is 4.79 Å². The lowest BCUT2D eigenvalue weighted by Gasteiger charge is -2.12. The standard InChI is InChI=1S/C9H16NOS2/c11-9-10-7-5-3-1-2-4-6-8-12-13-10/h1-8H2. The molecule has 2 nitrogen and oxygen atoms in total.